The van der Waals surface area contributed by atoms with Crippen molar-refractivity contribution < 1.29 is 21.9 Å². The number of aromatic nitrogens is 5. The second-order valence-corrected chi connectivity index (χ2v) is 12.4. The Balaban J connectivity index is 1.76. The molecule has 17 heteroatoms. The number of anilines is 1. The Kier molecular flexibility index (Phi) is 6.23. The number of aromatic amines is 1. The fourth-order valence-corrected chi connectivity index (χ4v) is 7.91. The van der Waals surface area contributed by atoms with Gasteiger partial charge >= 0.3 is 0 Å². The van der Waals surface area contributed by atoms with Crippen molar-refractivity contribution in [1.82, 2.24) is 35.6 Å². The second-order valence-electron chi connectivity index (χ2n) is 8.16. The molecule has 0 radical (unpaired) electrons. The number of aliphatic hydroxyl groups excluding tert-OH is 1. The molecule has 14 nitrogen and oxygen atoms in total. The zero-order valence-electron chi connectivity index (χ0n) is 18.4. The zero-order valence-corrected chi connectivity index (χ0v) is 20.9. The molecule has 1 aliphatic rings. The van der Waals surface area contributed by atoms with E-state index in [4.69, 9.17) is 10.9 Å². The number of primary sulfonamides is 1. The third-order valence-corrected chi connectivity index (χ3v) is 9.30. The van der Waals surface area contributed by atoms with Gasteiger partial charge in [0.25, 0.3) is 0 Å². The average Bonchev–Trinajstić information content (AvgIpc) is 3.57. The molecule has 8 N–H and O–H groups in total. The molecule has 2 aromatic heterocycles. The van der Waals surface area contributed by atoms with Gasteiger partial charge < -0.3 is 16.2 Å². The van der Waals surface area contributed by atoms with Crippen LogP contribution in [0.2, 0.25) is 0 Å². The van der Waals surface area contributed by atoms with Crippen molar-refractivity contribution >= 4 is 46.7 Å². The molecule has 36 heavy (non-hydrogen) atoms. The van der Waals surface area contributed by atoms with Crippen LogP contribution >= 0.6 is 11.3 Å². The molecule has 2 aromatic carbocycles. The lowest BCUT2D eigenvalue weighted by Gasteiger charge is -2.18. The number of sulfonamides is 2. The number of hydrogen-bond acceptors (Lipinski definition) is 12. The monoisotopic (exact) mass is 551 g/mol. The van der Waals surface area contributed by atoms with Crippen LogP contribution in [-0.2, 0) is 20.0 Å². The van der Waals surface area contributed by atoms with Gasteiger partial charge in [-0.2, -0.15) is 0 Å². The predicted octanol–water partition coefficient (Wildman–Crippen LogP) is -0.626. The van der Waals surface area contributed by atoms with Crippen LogP contribution in [0.25, 0.3) is 32.7 Å². The number of benzene rings is 2. The highest BCUT2D eigenvalue weighted by molar-refractivity contribution is 7.92. The summed E-state index contributed by atoms with van der Waals surface area (Å²) < 4.78 is 56.0. The lowest BCUT2D eigenvalue weighted by atomic mass is 9.98. The summed E-state index contributed by atoms with van der Waals surface area (Å²) in [5.74, 6) is -0.103. The Labute approximate surface area is 209 Å². The van der Waals surface area contributed by atoms with Gasteiger partial charge in [0.2, 0.25) is 20.0 Å². The third kappa shape index (κ3) is 4.45. The van der Waals surface area contributed by atoms with E-state index >= 15 is 0 Å². The zero-order chi connectivity index (χ0) is 25.7. The fraction of sp³-hybridized carbons (Fsp3) is 0.263. The second kappa shape index (κ2) is 9.11. The first-order valence-corrected chi connectivity index (χ1v) is 14.4. The molecule has 0 aliphatic carbocycles. The Morgan fingerprint density at radius 2 is 1.97 bits per heavy atom. The average molecular weight is 552 g/mol. The minimum Gasteiger partial charge on any atom is -0.395 e. The maximum atomic E-state index is 13.4. The molecular weight excluding hydrogens is 530 g/mol. The van der Waals surface area contributed by atoms with Crippen LogP contribution in [0.5, 0.6) is 0 Å². The summed E-state index contributed by atoms with van der Waals surface area (Å²) in [6.45, 7) is 0.101. The van der Waals surface area contributed by atoms with Gasteiger partial charge in [-0.05, 0) is 34.5 Å². The minimum absolute atomic E-state index is 0.103. The van der Waals surface area contributed by atoms with E-state index < -0.39 is 35.9 Å². The number of nitrogens with one attached hydrogen (secondary N) is 3. The van der Waals surface area contributed by atoms with E-state index in [0.29, 0.717) is 22.6 Å². The predicted molar refractivity (Wildman–Crippen MR) is 132 cm³/mol. The van der Waals surface area contributed by atoms with E-state index in [1.165, 1.54) is 23.5 Å². The number of tetrazole rings is 1. The fourth-order valence-electron chi connectivity index (χ4n) is 4.30. The largest absolute Gasteiger partial charge is 0.395 e. The highest BCUT2D eigenvalue weighted by Gasteiger charge is 2.35. The SMILES string of the molecule is Nc1nc2c(-c3ccc(S(=O)(=O)N[C@H]4CN[C@@H](CO)C4)c(S(N)(=O)=O)c3-c3nnn[nH]3)cccc2s1. The van der Waals surface area contributed by atoms with Crippen LogP contribution in [0.4, 0.5) is 5.13 Å². The number of nitrogens with zero attached hydrogens (tertiary/aromatic N) is 4. The van der Waals surface area contributed by atoms with Gasteiger partial charge in [0.05, 0.1) is 22.4 Å². The highest BCUT2D eigenvalue weighted by atomic mass is 32.2. The van der Waals surface area contributed by atoms with E-state index in [2.05, 4.69) is 35.6 Å². The summed E-state index contributed by atoms with van der Waals surface area (Å²) >= 11 is 1.25. The summed E-state index contributed by atoms with van der Waals surface area (Å²) in [6, 6.07) is 7.02. The number of nitrogen functional groups attached to an aromatic ring is 1. The van der Waals surface area contributed by atoms with Crippen molar-refractivity contribution in [2.24, 2.45) is 5.14 Å². The van der Waals surface area contributed by atoms with Gasteiger partial charge in [0, 0.05) is 24.2 Å². The molecule has 0 unspecified atom stereocenters. The van der Waals surface area contributed by atoms with Crippen LogP contribution in [0.15, 0.2) is 40.1 Å². The van der Waals surface area contributed by atoms with Crippen LogP contribution in [-0.4, -0.2) is 72.8 Å². The number of nitrogens with two attached hydrogens (primary N) is 2. The van der Waals surface area contributed by atoms with E-state index in [9.17, 15) is 21.9 Å². The van der Waals surface area contributed by atoms with Crippen molar-refractivity contribution in [3.8, 4) is 22.5 Å². The van der Waals surface area contributed by atoms with Gasteiger partial charge in [0.1, 0.15) is 9.79 Å². The molecule has 0 bridgehead atoms. The van der Waals surface area contributed by atoms with Crippen LogP contribution < -0.4 is 20.9 Å². The molecule has 2 atom stereocenters. The molecular formula is C19H21N9O5S3. The van der Waals surface area contributed by atoms with Crippen LogP contribution in [0.1, 0.15) is 6.42 Å². The highest BCUT2D eigenvalue weighted by Crippen LogP contribution is 2.41. The first-order valence-electron chi connectivity index (χ1n) is 10.5. The minimum atomic E-state index is -4.63. The molecule has 190 valence electrons. The van der Waals surface area contributed by atoms with Gasteiger partial charge in [-0.1, -0.05) is 29.5 Å². The van der Waals surface area contributed by atoms with Gasteiger partial charge in [-0.15, -0.1) is 5.10 Å². The van der Waals surface area contributed by atoms with Crippen LogP contribution in [0.3, 0.4) is 0 Å². The smallest absolute Gasteiger partial charge is 0.242 e. The van der Waals surface area contributed by atoms with Gasteiger partial charge in [-0.25, -0.2) is 36.8 Å². The molecule has 1 aliphatic heterocycles. The molecule has 0 spiro atoms. The van der Waals surface area contributed by atoms with Crippen molar-refractivity contribution in [1.29, 1.82) is 0 Å². The molecule has 5 rings (SSSR count). The van der Waals surface area contributed by atoms with Gasteiger partial charge in [0.15, 0.2) is 11.0 Å². The Hall–Kier alpha value is -3.06. The van der Waals surface area contributed by atoms with Crippen molar-refractivity contribution in [2.75, 3.05) is 18.9 Å². The molecule has 1 saturated heterocycles. The van der Waals surface area contributed by atoms with E-state index in [1.54, 1.807) is 18.2 Å². The number of hydrogen-bond donors (Lipinski definition) is 6. The van der Waals surface area contributed by atoms with Gasteiger partial charge in [-0.3, -0.25) is 0 Å². The third-order valence-electron chi connectivity index (χ3n) is 5.77. The summed E-state index contributed by atoms with van der Waals surface area (Å²) in [5.41, 5.74) is 7.04. The van der Waals surface area contributed by atoms with E-state index in [1.807, 2.05) is 0 Å². The standard InChI is InChI=1S/C19H21N9O5S3/c20-19-23-16-12(2-1-3-13(16)34-19)11-4-5-14(36(32,33)26-9-6-10(8-29)22-7-9)17(35(21,30)31)15(11)18-24-27-28-25-18/h1-5,9-10,22,26,29H,6-8H2,(H2,20,23)(H2,21,30,31)(H,24,25,27,28)/t9-,10-/m1/s1. The molecule has 3 heterocycles. The number of thiazole rings is 1. The van der Waals surface area contributed by atoms with Crippen molar-refractivity contribution in [3.05, 3.63) is 30.3 Å². The Bertz CT molecular complexity index is 1650. The maximum absolute atomic E-state index is 13.4. The summed E-state index contributed by atoms with van der Waals surface area (Å²) in [6.07, 6.45) is 0.324. The normalized spacial score (nSPS) is 18.7. The van der Waals surface area contributed by atoms with Crippen molar-refractivity contribution in [3.63, 3.8) is 0 Å². The maximum Gasteiger partial charge on any atom is 0.242 e. The molecule has 4 aromatic rings. The topological polar surface area (TPSA) is 232 Å². The number of aliphatic hydroxyl groups is 1. The molecule has 0 amide bonds. The Morgan fingerprint density at radius 1 is 1.17 bits per heavy atom. The number of H-pyrrole nitrogens is 1. The first kappa shape index (κ1) is 24.6. The summed E-state index contributed by atoms with van der Waals surface area (Å²) in [7, 11) is -9.02. The molecule has 0 saturated carbocycles. The van der Waals surface area contributed by atoms with E-state index in [0.717, 1.165) is 4.70 Å². The first-order chi connectivity index (χ1) is 17.1. The quantitative estimate of drug-likeness (QED) is 0.169. The summed E-state index contributed by atoms with van der Waals surface area (Å²) in [4.78, 5) is 3.13. The summed E-state index contributed by atoms with van der Waals surface area (Å²) in [5, 5.41) is 31.6. The number of rotatable bonds is 7. The van der Waals surface area contributed by atoms with Crippen molar-refractivity contribution in [2.45, 2.75) is 28.3 Å². The van der Waals surface area contributed by atoms with Crippen LogP contribution in [0, 0.1) is 0 Å². The van der Waals surface area contributed by atoms with E-state index in [-0.39, 0.29) is 36.1 Å². The Morgan fingerprint density at radius 3 is 2.64 bits per heavy atom. The number of para-hydroxylation sites is 1. The lowest BCUT2D eigenvalue weighted by Crippen LogP contribution is -2.37. The molecule has 1 fully saturated rings. The lowest BCUT2D eigenvalue weighted by molar-refractivity contribution is 0.254. The number of fused-ring (bicyclic) bond motifs is 1.